The molecule has 0 aliphatic heterocycles. The Balaban J connectivity index is 1.20. The molecule has 0 atom stereocenters. The van der Waals surface area contributed by atoms with Crippen molar-refractivity contribution >= 4 is 53.0 Å². The molecule has 2 nitrogen and oxygen atoms in total. The molecular weight excluding hydrogens is 837 g/mol. The summed E-state index contributed by atoms with van der Waals surface area (Å²) in [5.74, 6) is 0. The van der Waals surface area contributed by atoms with E-state index in [0.717, 1.165) is 33.6 Å². The largest absolute Gasteiger partial charge is 0.255 e. The van der Waals surface area contributed by atoms with Gasteiger partial charge in [-0.3, -0.25) is 9.97 Å². The van der Waals surface area contributed by atoms with Crippen molar-refractivity contribution in [2.24, 2.45) is 0 Å². The van der Waals surface area contributed by atoms with Crippen LogP contribution in [-0.4, -0.2) is 42.3 Å². The third kappa shape index (κ3) is 10.2. The third-order valence-electron chi connectivity index (χ3n) is 12.7. The standard InChI is InChI=1S/C58H64N2Si4/c1-61(2,3)53-21-13-41(14-22-53)47-33-48(42-15-23-54(24-16-42)62(4,5)6)36-51(35-47)45-29-31-59-57(39-45)58-40-46(30-32-60-58)52-37-49(43-17-25-55(26-18-43)63(7,8)9)34-50(38-52)44-19-27-56(28-20-44)64(10,11)12/h13-40H,1-12H3. The third-order valence-corrected chi connectivity index (χ3v) is 20.9. The van der Waals surface area contributed by atoms with Gasteiger partial charge >= 0.3 is 0 Å². The normalized spacial score (nSPS) is 12.4. The summed E-state index contributed by atoms with van der Waals surface area (Å²) in [5, 5.41) is 5.88. The van der Waals surface area contributed by atoms with Crippen molar-refractivity contribution in [1.29, 1.82) is 0 Å². The molecule has 0 aliphatic rings. The summed E-state index contributed by atoms with van der Waals surface area (Å²) in [5.41, 5.74) is 16.0. The average Bonchev–Trinajstić information content (AvgIpc) is 3.28. The fourth-order valence-electron chi connectivity index (χ4n) is 8.41. The van der Waals surface area contributed by atoms with E-state index in [4.69, 9.17) is 9.97 Å². The maximum atomic E-state index is 4.93. The monoisotopic (exact) mass is 900 g/mol. The predicted molar refractivity (Wildman–Crippen MR) is 292 cm³/mol. The molecule has 64 heavy (non-hydrogen) atoms. The maximum absolute atomic E-state index is 4.93. The molecule has 0 radical (unpaired) electrons. The van der Waals surface area contributed by atoms with Gasteiger partial charge in [-0.2, -0.15) is 0 Å². The van der Waals surface area contributed by atoms with Crippen molar-refractivity contribution in [2.45, 2.75) is 78.6 Å². The van der Waals surface area contributed by atoms with Gasteiger partial charge in [-0.25, -0.2) is 0 Å². The lowest BCUT2D eigenvalue weighted by Crippen LogP contribution is -2.37. The second kappa shape index (κ2) is 17.5. The van der Waals surface area contributed by atoms with Crippen LogP contribution in [0.15, 0.2) is 170 Å². The highest BCUT2D eigenvalue weighted by Crippen LogP contribution is 2.36. The fraction of sp³-hybridized carbons (Fsp3) is 0.207. The van der Waals surface area contributed by atoms with E-state index in [1.165, 1.54) is 65.3 Å². The van der Waals surface area contributed by atoms with E-state index in [2.05, 4.69) is 236 Å². The van der Waals surface area contributed by atoms with Gasteiger partial charge in [0.05, 0.1) is 43.7 Å². The highest BCUT2D eigenvalue weighted by Gasteiger charge is 2.20. The van der Waals surface area contributed by atoms with Crippen molar-refractivity contribution < 1.29 is 0 Å². The summed E-state index contributed by atoms with van der Waals surface area (Å²) in [6, 6.07) is 59.9. The average molecular weight is 902 g/mol. The quantitative estimate of drug-likeness (QED) is 0.121. The zero-order chi connectivity index (χ0) is 45.6. The Hall–Kier alpha value is -5.51. The van der Waals surface area contributed by atoms with E-state index in [9.17, 15) is 0 Å². The van der Waals surface area contributed by atoms with Crippen LogP contribution >= 0.6 is 0 Å². The van der Waals surface area contributed by atoms with Crippen LogP contribution in [0.1, 0.15) is 0 Å². The molecule has 0 saturated heterocycles. The maximum Gasteiger partial charge on any atom is 0.0892 e. The number of pyridine rings is 2. The number of aromatic nitrogens is 2. The van der Waals surface area contributed by atoms with Gasteiger partial charge < -0.3 is 0 Å². The number of hydrogen-bond acceptors (Lipinski definition) is 2. The Morgan fingerprint density at radius 3 is 0.625 bits per heavy atom. The van der Waals surface area contributed by atoms with E-state index in [1.54, 1.807) is 0 Å². The molecule has 0 saturated carbocycles. The van der Waals surface area contributed by atoms with Crippen LogP contribution in [0.25, 0.3) is 78.1 Å². The molecule has 2 aromatic heterocycles. The lowest BCUT2D eigenvalue weighted by atomic mass is 9.92. The van der Waals surface area contributed by atoms with Gasteiger partial charge in [0, 0.05) is 12.4 Å². The molecule has 0 aliphatic carbocycles. The zero-order valence-electron chi connectivity index (χ0n) is 40.1. The second-order valence-electron chi connectivity index (χ2n) is 21.8. The number of hydrogen-bond donors (Lipinski definition) is 0. The van der Waals surface area contributed by atoms with Crippen LogP contribution in [0.5, 0.6) is 0 Å². The Morgan fingerprint density at radius 2 is 0.422 bits per heavy atom. The number of benzene rings is 6. The molecule has 0 unspecified atom stereocenters. The SMILES string of the molecule is C[Si](C)(C)c1ccc(-c2cc(-c3ccc([Si](C)(C)C)cc3)cc(-c3ccnc(-c4cc(-c5cc(-c6ccc([Si](C)(C)C)cc6)cc(-c6ccc([Si](C)(C)C)cc6)c5)ccn4)c3)c2)cc1. The van der Waals surface area contributed by atoms with Crippen molar-refractivity contribution in [3.8, 4) is 78.1 Å². The molecule has 8 aromatic rings. The topological polar surface area (TPSA) is 25.8 Å². The van der Waals surface area contributed by atoms with Crippen molar-refractivity contribution in [3.05, 3.63) is 170 Å². The lowest BCUT2D eigenvalue weighted by molar-refractivity contribution is 1.25. The van der Waals surface area contributed by atoms with Crippen LogP contribution in [0.4, 0.5) is 0 Å². The summed E-state index contributed by atoms with van der Waals surface area (Å²) in [6.45, 7) is 28.9. The van der Waals surface area contributed by atoms with Gasteiger partial charge in [0.1, 0.15) is 0 Å². The van der Waals surface area contributed by atoms with Gasteiger partial charge in [-0.15, -0.1) is 0 Å². The van der Waals surface area contributed by atoms with Gasteiger partial charge in [0.15, 0.2) is 0 Å². The molecule has 0 N–H and O–H groups in total. The Labute approximate surface area is 387 Å². The van der Waals surface area contributed by atoms with Gasteiger partial charge in [-0.05, 0) is 127 Å². The lowest BCUT2D eigenvalue weighted by Gasteiger charge is -2.18. The minimum absolute atomic E-state index is 0.852. The molecule has 2 heterocycles. The molecular formula is C58H64N2Si4. The summed E-state index contributed by atoms with van der Waals surface area (Å²) in [4.78, 5) is 9.87. The van der Waals surface area contributed by atoms with E-state index in [-0.39, 0.29) is 0 Å². The molecule has 0 bridgehead atoms. The first-order valence-corrected chi connectivity index (χ1v) is 36.9. The first kappa shape index (κ1) is 45.1. The Morgan fingerprint density at radius 1 is 0.219 bits per heavy atom. The van der Waals surface area contributed by atoms with Crippen LogP contribution in [0.3, 0.4) is 0 Å². The van der Waals surface area contributed by atoms with Gasteiger partial charge in [-0.1, -0.05) is 196 Å². The van der Waals surface area contributed by atoms with Gasteiger partial charge in [0.2, 0.25) is 0 Å². The minimum atomic E-state index is -1.43. The summed E-state index contributed by atoms with van der Waals surface area (Å²) in [7, 11) is -5.72. The molecule has 322 valence electrons. The smallest absolute Gasteiger partial charge is 0.0892 e. The summed E-state index contributed by atoms with van der Waals surface area (Å²) >= 11 is 0. The minimum Gasteiger partial charge on any atom is -0.255 e. The Bertz CT molecular complexity index is 2570. The Kier molecular flexibility index (Phi) is 12.3. The molecule has 0 amide bonds. The van der Waals surface area contributed by atoms with Crippen molar-refractivity contribution in [3.63, 3.8) is 0 Å². The van der Waals surface area contributed by atoms with Gasteiger partial charge in [0.25, 0.3) is 0 Å². The highest BCUT2D eigenvalue weighted by atomic mass is 28.3. The molecule has 0 spiro atoms. The number of rotatable bonds is 11. The zero-order valence-corrected chi connectivity index (χ0v) is 44.1. The molecule has 6 aromatic carbocycles. The van der Waals surface area contributed by atoms with Crippen molar-refractivity contribution in [2.75, 3.05) is 0 Å². The first-order chi connectivity index (χ1) is 30.2. The van der Waals surface area contributed by atoms with Crippen LogP contribution in [0, 0.1) is 0 Å². The van der Waals surface area contributed by atoms with E-state index in [0.29, 0.717) is 0 Å². The molecule has 8 rings (SSSR count). The molecule has 0 fully saturated rings. The van der Waals surface area contributed by atoms with Crippen LogP contribution < -0.4 is 20.7 Å². The number of nitrogens with zero attached hydrogens (tertiary/aromatic N) is 2. The van der Waals surface area contributed by atoms with Crippen LogP contribution in [-0.2, 0) is 0 Å². The van der Waals surface area contributed by atoms with E-state index < -0.39 is 32.3 Å². The predicted octanol–water partition coefficient (Wildman–Crippen LogP) is 14.3. The molecule has 6 heteroatoms. The van der Waals surface area contributed by atoms with E-state index in [1.807, 2.05) is 12.4 Å². The summed E-state index contributed by atoms with van der Waals surface area (Å²) < 4.78 is 0. The van der Waals surface area contributed by atoms with Crippen molar-refractivity contribution in [1.82, 2.24) is 9.97 Å². The van der Waals surface area contributed by atoms with Crippen LogP contribution in [0.2, 0.25) is 78.6 Å². The highest BCUT2D eigenvalue weighted by molar-refractivity contribution is 6.90. The first-order valence-electron chi connectivity index (χ1n) is 22.9. The van der Waals surface area contributed by atoms with E-state index >= 15 is 0 Å². The second-order valence-corrected chi connectivity index (χ2v) is 42.1. The summed E-state index contributed by atoms with van der Waals surface area (Å²) in [6.07, 6.45) is 3.87. The fourth-order valence-corrected chi connectivity index (χ4v) is 13.1.